The third-order valence-electron chi connectivity index (χ3n) is 2.67. The van der Waals surface area contributed by atoms with Gasteiger partial charge in [-0.15, -0.1) is 0 Å². The van der Waals surface area contributed by atoms with Crippen LogP contribution in [-0.2, 0) is 4.79 Å². The summed E-state index contributed by atoms with van der Waals surface area (Å²) in [7, 11) is 0. The summed E-state index contributed by atoms with van der Waals surface area (Å²) < 4.78 is 0. The Hall–Kier alpha value is -0.570. The lowest BCUT2D eigenvalue weighted by Crippen LogP contribution is -2.33. The summed E-state index contributed by atoms with van der Waals surface area (Å²) >= 11 is 0. The van der Waals surface area contributed by atoms with E-state index in [0.717, 1.165) is 19.3 Å². The molecule has 0 bridgehead atoms. The molecule has 0 fully saturated rings. The first-order valence-corrected chi connectivity index (χ1v) is 6.00. The maximum absolute atomic E-state index is 11.4. The first-order chi connectivity index (χ1) is 7.10. The zero-order chi connectivity index (χ0) is 11.7. The van der Waals surface area contributed by atoms with Gasteiger partial charge in [0, 0.05) is 19.1 Å². The Morgan fingerprint density at radius 2 is 2.00 bits per heavy atom. The number of amides is 1. The molecule has 0 aliphatic rings. The summed E-state index contributed by atoms with van der Waals surface area (Å²) in [6.07, 6.45) is 4.23. The summed E-state index contributed by atoms with van der Waals surface area (Å²) in [5.74, 6) is 0.775. The Labute approximate surface area is 93.3 Å². The molecule has 15 heavy (non-hydrogen) atoms. The number of unbranched alkanes of at least 4 members (excludes halogenated alkanes) is 1. The Bertz CT molecular complexity index is 171. The van der Waals surface area contributed by atoms with Gasteiger partial charge in [0.25, 0.3) is 0 Å². The molecule has 90 valence electrons. The number of hydrogen-bond donors (Lipinski definition) is 2. The fraction of sp³-hybridized carbons (Fsp3) is 0.917. The van der Waals surface area contributed by atoms with E-state index in [1.165, 1.54) is 0 Å². The first-order valence-electron chi connectivity index (χ1n) is 6.00. The lowest BCUT2D eigenvalue weighted by Gasteiger charge is -2.17. The second-order valence-corrected chi connectivity index (χ2v) is 4.40. The summed E-state index contributed by atoms with van der Waals surface area (Å²) in [5, 5.41) is 11.6. The summed E-state index contributed by atoms with van der Waals surface area (Å²) in [6.45, 7) is 6.60. The molecule has 0 aliphatic heterocycles. The van der Waals surface area contributed by atoms with Crippen molar-refractivity contribution in [3.05, 3.63) is 0 Å². The van der Waals surface area contributed by atoms with Gasteiger partial charge in [-0.25, -0.2) is 0 Å². The zero-order valence-corrected chi connectivity index (χ0v) is 10.3. The van der Waals surface area contributed by atoms with Gasteiger partial charge in [-0.05, 0) is 32.1 Å². The van der Waals surface area contributed by atoms with Crippen molar-refractivity contribution >= 4 is 5.91 Å². The first kappa shape index (κ1) is 14.4. The van der Waals surface area contributed by atoms with E-state index in [-0.39, 0.29) is 18.6 Å². The lowest BCUT2D eigenvalue weighted by molar-refractivity contribution is -0.121. The predicted octanol–water partition coefficient (Wildman–Crippen LogP) is 2.09. The van der Waals surface area contributed by atoms with E-state index in [1.807, 2.05) is 0 Å². The summed E-state index contributed by atoms with van der Waals surface area (Å²) in [5.41, 5.74) is 0. The maximum Gasteiger partial charge on any atom is 0.220 e. The van der Waals surface area contributed by atoms with Crippen LogP contribution in [0.2, 0.25) is 0 Å². The summed E-state index contributed by atoms with van der Waals surface area (Å²) in [4.78, 5) is 11.4. The number of aliphatic hydroxyl groups is 1. The highest BCUT2D eigenvalue weighted by atomic mass is 16.2. The van der Waals surface area contributed by atoms with Crippen LogP contribution < -0.4 is 5.32 Å². The van der Waals surface area contributed by atoms with Crippen molar-refractivity contribution < 1.29 is 9.90 Å². The number of hydrogen-bond acceptors (Lipinski definition) is 2. The third kappa shape index (κ3) is 8.43. The number of rotatable bonds is 8. The second-order valence-electron chi connectivity index (χ2n) is 4.40. The average molecular weight is 215 g/mol. The number of aliphatic hydroxyl groups excluding tert-OH is 1. The molecule has 0 rings (SSSR count). The monoisotopic (exact) mass is 215 g/mol. The van der Waals surface area contributed by atoms with Crippen LogP contribution in [0.1, 0.15) is 52.9 Å². The van der Waals surface area contributed by atoms with Gasteiger partial charge in [0.15, 0.2) is 0 Å². The fourth-order valence-corrected chi connectivity index (χ4v) is 1.57. The van der Waals surface area contributed by atoms with Crippen molar-refractivity contribution in [2.75, 3.05) is 6.61 Å². The van der Waals surface area contributed by atoms with Crippen molar-refractivity contribution in [3.8, 4) is 0 Å². The standard InChI is InChI=1S/C12H25NO2/c1-4-10(2)9-11(3)13-12(15)7-5-6-8-14/h10-11,14H,4-9H2,1-3H3,(H,13,15). The molecule has 0 aromatic heterocycles. The van der Waals surface area contributed by atoms with Crippen molar-refractivity contribution in [3.63, 3.8) is 0 Å². The van der Waals surface area contributed by atoms with Crippen LogP contribution in [0.3, 0.4) is 0 Å². The second kappa shape index (κ2) is 8.72. The van der Waals surface area contributed by atoms with E-state index in [2.05, 4.69) is 26.1 Å². The van der Waals surface area contributed by atoms with Gasteiger partial charge in [-0.2, -0.15) is 0 Å². The molecule has 0 saturated heterocycles. The largest absolute Gasteiger partial charge is 0.396 e. The third-order valence-corrected chi connectivity index (χ3v) is 2.67. The van der Waals surface area contributed by atoms with Crippen LogP contribution in [0.15, 0.2) is 0 Å². The van der Waals surface area contributed by atoms with E-state index < -0.39 is 0 Å². The topological polar surface area (TPSA) is 49.3 Å². The van der Waals surface area contributed by atoms with Crippen LogP contribution in [0, 0.1) is 5.92 Å². The Balaban J connectivity index is 3.57. The van der Waals surface area contributed by atoms with Gasteiger partial charge in [-0.3, -0.25) is 4.79 Å². The Morgan fingerprint density at radius 3 is 2.53 bits per heavy atom. The molecule has 2 atom stereocenters. The van der Waals surface area contributed by atoms with Crippen LogP contribution >= 0.6 is 0 Å². The van der Waals surface area contributed by atoms with Gasteiger partial charge < -0.3 is 10.4 Å². The van der Waals surface area contributed by atoms with Crippen LogP contribution in [0.5, 0.6) is 0 Å². The molecule has 0 aromatic rings. The van der Waals surface area contributed by atoms with E-state index in [9.17, 15) is 4.79 Å². The molecule has 0 spiro atoms. The molecule has 2 unspecified atom stereocenters. The quantitative estimate of drug-likeness (QED) is 0.609. The fourth-order valence-electron chi connectivity index (χ4n) is 1.57. The molecular formula is C12H25NO2. The minimum atomic E-state index is 0.110. The zero-order valence-electron chi connectivity index (χ0n) is 10.3. The molecule has 0 heterocycles. The average Bonchev–Trinajstić information content (AvgIpc) is 2.17. The van der Waals surface area contributed by atoms with Gasteiger partial charge in [0.1, 0.15) is 0 Å². The van der Waals surface area contributed by atoms with E-state index >= 15 is 0 Å². The molecule has 0 saturated carbocycles. The molecule has 3 heteroatoms. The van der Waals surface area contributed by atoms with Gasteiger partial charge in [0.2, 0.25) is 5.91 Å². The Kier molecular flexibility index (Phi) is 8.38. The minimum absolute atomic E-state index is 0.110. The molecule has 0 aliphatic carbocycles. The van der Waals surface area contributed by atoms with E-state index in [0.29, 0.717) is 18.8 Å². The van der Waals surface area contributed by atoms with E-state index in [1.54, 1.807) is 0 Å². The van der Waals surface area contributed by atoms with Gasteiger partial charge >= 0.3 is 0 Å². The van der Waals surface area contributed by atoms with Crippen LogP contribution in [0.4, 0.5) is 0 Å². The predicted molar refractivity (Wildman–Crippen MR) is 62.6 cm³/mol. The summed E-state index contributed by atoms with van der Waals surface area (Å²) in [6, 6.07) is 0.265. The molecule has 2 N–H and O–H groups in total. The molecule has 0 radical (unpaired) electrons. The van der Waals surface area contributed by atoms with E-state index in [4.69, 9.17) is 5.11 Å². The number of carbonyl (C=O) groups is 1. The lowest BCUT2D eigenvalue weighted by atomic mass is 10.0. The van der Waals surface area contributed by atoms with Crippen molar-refractivity contribution in [1.29, 1.82) is 0 Å². The normalized spacial score (nSPS) is 14.7. The van der Waals surface area contributed by atoms with Crippen LogP contribution in [0.25, 0.3) is 0 Å². The smallest absolute Gasteiger partial charge is 0.220 e. The van der Waals surface area contributed by atoms with Gasteiger partial charge in [0.05, 0.1) is 0 Å². The highest BCUT2D eigenvalue weighted by Gasteiger charge is 2.09. The van der Waals surface area contributed by atoms with Crippen molar-refractivity contribution in [1.82, 2.24) is 5.32 Å². The molecule has 0 aromatic carbocycles. The van der Waals surface area contributed by atoms with Crippen LogP contribution in [-0.4, -0.2) is 23.7 Å². The van der Waals surface area contributed by atoms with Crippen molar-refractivity contribution in [2.45, 2.75) is 58.9 Å². The highest BCUT2D eigenvalue weighted by Crippen LogP contribution is 2.09. The highest BCUT2D eigenvalue weighted by molar-refractivity contribution is 5.76. The molecule has 1 amide bonds. The number of carbonyl (C=O) groups excluding carboxylic acids is 1. The number of nitrogens with one attached hydrogen (secondary N) is 1. The van der Waals surface area contributed by atoms with Crippen molar-refractivity contribution in [2.24, 2.45) is 5.92 Å². The molecule has 3 nitrogen and oxygen atoms in total. The SMILES string of the molecule is CCC(C)CC(C)NC(=O)CCCCO. The Morgan fingerprint density at radius 1 is 1.33 bits per heavy atom. The molecular weight excluding hydrogens is 190 g/mol. The van der Waals surface area contributed by atoms with Gasteiger partial charge in [-0.1, -0.05) is 20.3 Å². The maximum atomic E-state index is 11.4. The minimum Gasteiger partial charge on any atom is -0.396 e.